The van der Waals surface area contributed by atoms with E-state index in [9.17, 15) is 0 Å². The van der Waals surface area contributed by atoms with Crippen molar-refractivity contribution in [2.75, 3.05) is 0 Å². The molecule has 0 spiro atoms. The van der Waals surface area contributed by atoms with Crippen LogP contribution in [0.3, 0.4) is 0 Å². The summed E-state index contributed by atoms with van der Waals surface area (Å²) in [5, 5.41) is 7.59. The smallest absolute Gasteiger partial charge is 0.160 e. The zero-order chi connectivity index (χ0) is 34.4. The third kappa shape index (κ3) is 5.28. The minimum atomic E-state index is 0.686. The van der Waals surface area contributed by atoms with E-state index in [0.717, 1.165) is 56.0 Å². The molecule has 0 atom stereocenters. The van der Waals surface area contributed by atoms with Crippen LogP contribution in [0.15, 0.2) is 188 Å². The van der Waals surface area contributed by atoms with Crippen LogP contribution in [0.5, 0.6) is 0 Å². The summed E-state index contributed by atoms with van der Waals surface area (Å²) in [7, 11) is 0. The van der Waals surface area contributed by atoms with E-state index in [1.54, 1.807) is 0 Å². The zero-order valence-corrected chi connectivity index (χ0v) is 28.2. The quantitative estimate of drug-likeness (QED) is 0.166. The monoisotopic (exact) mass is 661 g/mol. The number of nitrogens with zero attached hydrogens (tertiary/aromatic N) is 3. The molecule has 52 heavy (non-hydrogen) atoms. The molecule has 3 heteroatoms. The van der Waals surface area contributed by atoms with Crippen LogP contribution in [-0.4, -0.2) is 15.0 Å². The normalized spacial score (nSPS) is 11.5. The number of aromatic nitrogens is 3. The van der Waals surface area contributed by atoms with Gasteiger partial charge >= 0.3 is 0 Å². The summed E-state index contributed by atoms with van der Waals surface area (Å²) < 4.78 is 0. The fourth-order valence-electron chi connectivity index (χ4n) is 7.54. The summed E-state index contributed by atoms with van der Waals surface area (Å²) in [6, 6.07) is 64.4. The van der Waals surface area contributed by atoms with E-state index < -0.39 is 0 Å². The maximum atomic E-state index is 5.24. The van der Waals surface area contributed by atoms with Crippen LogP contribution >= 0.6 is 0 Å². The van der Waals surface area contributed by atoms with Gasteiger partial charge in [-0.25, -0.2) is 9.97 Å². The Bertz CT molecular complexity index is 2810. The lowest BCUT2D eigenvalue weighted by atomic mass is 9.87. The van der Waals surface area contributed by atoms with Crippen molar-refractivity contribution in [3.05, 3.63) is 188 Å². The van der Waals surface area contributed by atoms with Gasteiger partial charge in [-0.05, 0) is 97.0 Å². The standard InChI is InChI=1S/C49H31N3/c1-3-11-33(12-4-1)45-31-46(34-13-5-2-6-14-34)52-49(51-45)41-28-39(32-20-22-35(23-21-32)44-19-7-8-26-50-44)27-40(29-41)43-30-38-17-9-15-36-24-25-37-16-10-18-42(43)48(37)47(36)38/h1-31H. The molecule has 2 aromatic heterocycles. The molecule has 0 aliphatic rings. The second kappa shape index (κ2) is 12.4. The first-order chi connectivity index (χ1) is 25.7. The molecule has 0 aliphatic heterocycles. The molecule has 10 aromatic rings. The van der Waals surface area contributed by atoms with Crippen LogP contribution < -0.4 is 0 Å². The first-order valence-electron chi connectivity index (χ1n) is 17.6. The molecule has 8 aromatic carbocycles. The number of benzene rings is 8. The summed E-state index contributed by atoms with van der Waals surface area (Å²) in [6.07, 6.45) is 1.84. The maximum Gasteiger partial charge on any atom is 0.160 e. The van der Waals surface area contributed by atoms with Crippen molar-refractivity contribution in [3.63, 3.8) is 0 Å². The van der Waals surface area contributed by atoms with Crippen LogP contribution in [0.4, 0.5) is 0 Å². The van der Waals surface area contributed by atoms with E-state index in [4.69, 9.17) is 9.97 Å². The predicted octanol–water partition coefficient (Wildman–Crippen LogP) is 12.8. The summed E-state index contributed by atoms with van der Waals surface area (Å²) in [6.45, 7) is 0. The molecule has 0 fully saturated rings. The van der Waals surface area contributed by atoms with E-state index in [0.29, 0.717) is 5.82 Å². The van der Waals surface area contributed by atoms with Gasteiger partial charge in [0.15, 0.2) is 5.82 Å². The molecule has 10 rings (SSSR count). The Morgan fingerprint density at radius 1 is 0.308 bits per heavy atom. The summed E-state index contributed by atoms with van der Waals surface area (Å²) in [5.41, 5.74) is 11.4. The zero-order valence-electron chi connectivity index (χ0n) is 28.2. The van der Waals surface area contributed by atoms with Crippen LogP contribution in [0.2, 0.25) is 0 Å². The lowest BCUT2D eigenvalue weighted by Gasteiger charge is -2.17. The molecule has 0 unspecified atom stereocenters. The van der Waals surface area contributed by atoms with Gasteiger partial charge < -0.3 is 0 Å². The first kappa shape index (κ1) is 29.9. The topological polar surface area (TPSA) is 38.7 Å². The molecule has 0 aliphatic carbocycles. The van der Waals surface area contributed by atoms with Gasteiger partial charge in [0, 0.05) is 28.5 Å². The van der Waals surface area contributed by atoms with Gasteiger partial charge in [-0.15, -0.1) is 0 Å². The Morgan fingerprint density at radius 3 is 1.58 bits per heavy atom. The van der Waals surface area contributed by atoms with Crippen molar-refractivity contribution in [2.24, 2.45) is 0 Å². The number of hydrogen-bond acceptors (Lipinski definition) is 3. The molecule has 0 saturated heterocycles. The Hall–Kier alpha value is -6.97. The van der Waals surface area contributed by atoms with Crippen molar-refractivity contribution in [3.8, 4) is 67.4 Å². The van der Waals surface area contributed by atoms with Gasteiger partial charge in [-0.1, -0.05) is 140 Å². The second-order valence-corrected chi connectivity index (χ2v) is 13.3. The fourth-order valence-corrected chi connectivity index (χ4v) is 7.54. The summed E-state index contributed by atoms with van der Waals surface area (Å²) in [5.74, 6) is 0.686. The second-order valence-electron chi connectivity index (χ2n) is 13.3. The molecular weight excluding hydrogens is 631 g/mol. The van der Waals surface area contributed by atoms with E-state index in [1.165, 1.54) is 37.9 Å². The SMILES string of the molecule is c1ccc(-c2cc(-c3ccccc3)nc(-c3cc(-c4ccc(-c5ccccn5)cc4)cc(-c4cc5cccc6ccc7cccc4c7c65)c3)n2)cc1. The highest BCUT2D eigenvalue weighted by Crippen LogP contribution is 2.42. The van der Waals surface area contributed by atoms with E-state index in [2.05, 4.69) is 157 Å². The Balaban J connectivity index is 1.23. The summed E-state index contributed by atoms with van der Waals surface area (Å²) in [4.78, 5) is 15.1. The summed E-state index contributed by atoms with van der Waals surface area (Å²) >= 11 is 0. The van der Waals surface area contributed by atoms with Crippen molar-refractivity contribution in [1.82, 2.24) is 15.0 Å². The molecular formula is C49H31N3. The van der Waals surface area contributed by atoms with Gasteiger partial charge in [-0.3, -0.25) is 4.98 Å². The molecule has 0 radical (unpaired) electrons. The van der Waals surface area contributed by atoms with Crippen molar-refractivity contribution in [2.45, 2.75) is 0 Å². The van der Waals surface area contributed by atoms with E-state index >= 15 is 0 Å². The average Bonchev–Trinajstić information content (AvgIpc) is 3.23. The Labute approximate surface area is 301 Å². The fraction of sp³-hybridized carbons (Fsp3) is 0. The highest BCUT2D eigenvalue weighted by molar-refractivity contribution is 6.26. The number of rotatable bonds is 6. The highest BCUT2D eigenvalue weighted by atomic mass is 14.9. The molecule has 3 nitrogen and oxygen atoms in total. The molecule has 0 amide bonds. The van der Waals surface area contributed by atoms with Crippen LogP contribution in [0, 0.1) is 0 Å². The largest absolute Gasteiger partial charge is 0.256 e. The minimum absolute atomic E-state index is 0.686. The Morgan fingerprint density at radius 2 is 0.885 bits per heavy atom. The van der Waals surface area contributed by atoms with Crippen LogP contribution in [0.1, 0.15) is 0 Å². The molecule has 0 bridgehead atoms. The van der Waals surface area contributed by atoms with E-state index in [1.807, 2.05) is 36.5 Å². The molecule has 0 saturated carbocycles. The third-order valence-corrected chi connectivity index (χ3v) is 10.1. The lowest BCUT2D eigenvalue weighted by molar-refractivity contribution is 1.18. The minimum Gasteiger partial charge on any atom is -0.256 e. The van der Waals surface area contributed by atoms with Crippen LogP contribution in [0.25, 0.3) is 99.7 Å². The molecule has 242 valence electrons. The molecule has 0 N–H and O–H groups in total. The maximum absolute atomic E-state index is 5.24. The van der Waals surface area contributed by atoms with Crippen molar-refractivity contribution in [1.29, 1.82) is 0 Å². The predicted molar refractivity (Wildman–Crippen MR) is 216 cm³/mol. The average molecular weight is 662 g/mol. The van der Waals surface area contributed by atoms with Crippen molar-refractivity contribution >= 4 is 32.3 Å². The van der Waals surface area contributed by atoms with Gasteiger partial charge in [-0.2, -0.15) is 0 Å². The van der Waals surface area contributed by atoms with Crippen molar-refractivity contribution < 1.29 is 0 Å². The van der Waals surface area contributed by atoms with Gasteiger partial charge in [0.25, 0.3) is 0 Å². The molecule has 2 heterocycles. The number of hydrogen-bond donors (Lipinski definition) is 0. The third-order valence-electron chi connectivity index (χ3n) is 10.1. The first-order valence-corrected chi connectivity index (χ1v) is 17.6. The number of pyridine rings is 1. The Kier molecular flexibility index (Phi) is 7.14. The van der Waals surface area contributed by atoms with Gasteiger partial charge in [0.2, 0.25) is 0 Å². The lowest BCUT2D eigenvalue weighted by Crippen LogP contribution is -1.97. The van der Waals surface area contributed by atoms with E-state index in [-0.39, 0.29) is 0 Å². The van der Waals surface area contributed by atoms with Crippen LogP contribution in [-0.2, 0) is 0 Å². The van der Waals surface area contributed by atoms with Gasteiger partial charge in [0.05, 0.1) is 17.1 Å². The van der Waals surface area contributed by atoms with Gasteiger partial charge in [0.1, 0.15) is 0 Å². The highest BCUT2D eigenvalue weighted by Gasteiger charge is 2.17.